The summed E-state index contributed by atoms with van der Waals surface area (Å²) in [4.78, 5) is 11.4. The maximum atomic E-state index is 11.4. The summed E-state index contributed by atoms with van der Waals surface area (Å²) in [5.74, 6) is 7.08. The molecule has 0 radical (unpaired) electrons. The molecule has 0 saturated heterocycles. The Morgan fingerprint density at radius 3 is 2.54 bits per heavy atom. The molecule has 3 heteroatoms. The predicted octanol–water partition coefficient (Wildman–Crippen LogP) is 4.98. The van der Waals surface area contributed by atoms with Gasteiger partial charge in [-0.05, 0) is 43.9 Å². The topological polar surface area (TPSA) is 35.5 Å². The van der Waals surface area contributed by atoms with Gasteiger partial charge in [0.25, 0.3) is 0 Å². The van der Waals surface area contributed by atoms with Crippen LogP contribution >= 0.6 is 0 Å². The van der Waals surface area contributed by atoms with Gasteiger partial charge in [0.1, 0.15) is 0 Å². The maximum absolute atomic E-state index is 11.4. The number of carbonyl (C=O) groups is 1. The van der Waals surface area contributed by atoms with Gasteiger partial charge in [0.05, 0.1) is 0 Å². The number of hydrogen-bond acceptors (Lipinski definition) is 3. The number of ether oxygens (including phenoxy) is 2. The highest BCUT2D eigenvalue weighted by Gasteiger charge is 2.50. The third-order valence-corrected chi connectivity index (χ3v) is 5.94. The monoisotopic (exact) mass is 336 g/mol. The Balaban J connectivity index is 2.79. The Morgan fingerprint density at radius 1 is 1.25 bits per heavy atom. The van der Waals surface area contributed by atoms with E-state index in [0.29, 0.717) is 5.92 Å². The molecule has 1 fully saturated rings. The molecule has 0 bridgehead atoms. The molecule has 138 valence electrons. The average Bonchev–Trinajstić information content (AvgIpc) is 2.73. The van der Waals surface area contributed by atoms with E-state index in [1.54, 1.807) is 7.11 Å². The van der Waals surface area contributed by atoms with Crippen molar-refractivity contribution in [3.05, 3.63) is 0 Å². The molecule has 1 aliphatic carbocycles. The second-order valence-electron chi connectivity index (χ2n) is 7.96. The van der Waals surface area contributed by atoms with Gasteiger partial charge in [-0.1, -0.05) is 51.9 Å². The van der Waals surface area contributed by atoms with Crippen LogP contribution in [0.2, 0.25) is 0 Å². The van der Waals surface area contributed by atoms with E-state index in [1.807, 2.05) is 0 Å². The van der Waals surface area contributed by atoms with Crippen LogP contribution in [0.4, 0.5) is 0 Å². The molecule has 0 heterocycles. The van der Waals surface area contributed by atoms with Crippen molar-refractivity contribution in [3.8, 4) is 11.8 Å². The summed E-state index contributed by atoms with van der Waals surface area (Å²) in [7, 11) is 1.77. The molecular weight excluding hydrogens is 300 g/mol. The number of unbranched alkanes of at least 4 members (excludes halogenated alkanes) is 3. The van der Waals surface area contributed by atoms with Gasteiger partial charge < -0.3 is 9.47 Å². The van der Waals surface area contributed by atoms with Crippen LogP contribution in [0.1, 0.15) is 79.6 Å². The summed E-state index contributed by atoms with van der Waals surface area (Å²) in [6, 6.07) is 0. The zero-order valence-corrected chi connectivity index (χ0v) is 16.5. The van der Waals surface area contributed by atoms with Crippen LogP contribution in [0.3, 0.4) is 0 Å². The molecule has 3 nitrogen and oxygen atoms in total. The van der Waals surface area contributed by atoms with Crippen molar-refractivity contribution in [2.75, 3.05) is 13.7 Å². The molecule has 24 heavy (non-hydrogen) atoms. The second kappa shape index (κ2) is 9.47. The first-order valence-electron chi connectivity index (χ1n) is 9.45. The van der Waals surface area contributed by atoms with E-state index in [9.17, 15) is 4.79 Å². The summed E-state index contributed by atoms with van der Waals surface area (Å²) < 4.78 is 10.8. The van der Waals surface area contributed by atoms with Gasteiger partial charge >= 0.3 is 5.97 Å². The molecule has 0 aliphatic heterocycles. The number of carbonyl (C=O) groups excluding carboxylic acids is 1. The zero-order valence-electron chi connectivity index (χ0n) is 16.5. The highest BCUT2D eigenvalue weighted by Crippen LogP contribution is 2.55. The summed E-state index contributed by atoms with van der Waals surface area (Å²) in [5, 5.41) is 0. The van der Waals surface area contributed by atoms with Crippen LogP contribution in [-0.4, -0.2) is 25.8 Å². The lowest BCUT2D eigenvalue weighted by molar-refractivity contribution is -0.144. The van der Waals surface area contributed by atoms with Gasteiger partial charge in [-0.15, -0.1) is 0 Å². The second-order valence-corrected chi connectivity index (χ2v) is 7.96. The molecule has 0 unspecified atom stereocenters. The lowest BCUT2D eigenvalue weighted by Gasteiger charge is -2.38. The molecule has 1 rings (SSSR count). The Labute approximate surface area is 148 Å². The minimum atomic E-state index is -0.270. The van der Waals surface area contributed by atoms with E-state index in [0.717, 1.165) is 32.3 Å². The number of rotatable bonds is 8. The smallest absolute Gasteiger partial charge is 0.303 e. The Hall–Kier alpha value is -1.01. The van der Waals surface area contributed by atoms with Crippen molar-refractivity contribution in [2.24, 2.45) is 16.7 Å². The molecule has 0 aromatic rings. The van der Waals surface area contributed by atoms with Crippen molar-refractivity contribution in [3.63, 3.8) is 0 Å². The van der Waals surface area contributed by atoms with E-state index in [1.165, 1.54) is 26.2 Å². The third-order valence-electron chi connectivity index (χ3n) is 5.94. The Kier molecular flexibility index (Phi) is 8.30. The van der Waals surface area contributed by atoms with Crippen molar-refractivity contribution in [2.45, 2.75) is 85.7 Å². The largest absolute Gasteiger partial charge is 0.449 e. The predicted molar refractivity (Wildman–Crippen MR) is 98.6 cm³/mol. The van der Waals surface area contributed by atoms with Gasteiger partial charge in [0, 0.05) is 26.1 Å². The molecule has 1 aliphatic rings. The van der Waals surface area contributed by atoms with Crippen molar-refractivity contribution >= 4 is 5.97 Å². The summed E-state index contributed by atoms with van der Waals surface area (Å²) in [6.07, 6.45) is 7.45. The highest BCUT2D eigenvalue weighted by molar-refractivity contribution is 5.66. The standard InChI is InChI=1S/C21H36O3/c1-7-8-9-10-11-19(24-17(2)22)13-15-21(5)14-12-18(16-23-6)20(21,3)4/h18-19H,7-12,14,16H2,1-6H3/t18-,19-,21+/m1/s1. The van der Waals surface area contributed by atoms with E-state index >= 15 is 0 Å². The summed E-state index contributed by atoms with van der Waals surface area (Å²) in [5.41, 5.74) is 0.0387. The first kappa shape index (κ1) is 21.0. The lowest BCUT2D eigenvalue weighted by atomic mass is 9.66. The number of hydrogen-bond donors (Lipinski definition) is 0. The van der Waals surface area contributed by atoms with Crippen LogP contribution < -0.4 is 0 Å². The molecule has 0 aromatic heterocycles. The van der Waals surface area contributed by atoms with Crippen LogP contribution in [0, 0.1) is 28.6 Å². The van der Waals surface area contributed by atoms with Crippen LogP contribution in [-0.2, 0) is 14.3 Å². The van der Waals surface area contributed by atoms with Gasteiger partial charge in [-0.3, -0.25) is 4.79 Å². The minimum absolute atomic E-state index is 0.0575. The zero-order chi connectivity index (χ0) is 18.2. The van der Waals surface area contributed by atoms with E-state index in [-0.39, 0.29) is 22.9 Å². The fourth-order valence-corrected chi connectivity index (χ4v) is 3.67. The quantitative estimate of drug-likeness (QED) is 0.356. The first-order chi connectivity index (χ1) is 11.3. The highest BCUT2D eigenvalue weighted by atomic mass is 16.5. The molecule has 1 saturated carbocycles. The van der Waals surface area contributed by atoms with Crippen LogP contribution in [0.5, 0.6) is 0 Å². The molecular formula is C21H36O3. The third kappa shape index (κ3) is 5.52. The van der Waals surface area contributed by atoms with Crippen molar-refractivity contribution < 1.29 is 14.3 Å². The number of methoxy groups -OCH3 is 1. The minimum Gasteiger partial charge on any atom is -0.449 e. The van der Waals surface area contributed by atoms with Crippen LogP contribution in [0.15, 0.2) is 0 Å². The normalized spacial score (nSPS) is 26.5. The van der Waals surface area contributed by atoms with Crippen molar-refractivity contribution in [1.29, 1.82) is 0 Å². The Morgan fingerprint density at radius 2 is 1.96 bits per heavy atom. The van der Waals surface area contributed by atoms with Crippen LogP contribution in [0.25, 0.3) is 0 Å². The first-order valence-corrected chi connectivity index (χ1v) is 9.45. The van der Waals surface area contributed by atoms with Gasteiger partial charge in [-0.25, -0.2) is 0 Å². The summed E-state index contributed by atoms with van der Waals surface area (Å²) in [6.45, 7) is 11.3. The fourth-order valence-electron chi connectivity index (χ4n) is 3.67. The average molecular weight is 337 g/mol. The SMILES string of the molecule is CCCCCC[C@H](C#C[C@]1(C)CC[C@H](COC)C1(C)C)OC(C)=O. The lowest BCUT2D eigenvalue weighted by Crippen LogP contribution is -2.35. The van der Waals surface area contributed by atoms with Gasteiger partial charge in [0.15, 0.2) is 6.10 Å². The van der Waals surface area contributed by atoms with E-state index in [2.05, 4.69) is 39.5 Å². The molecule has 0 amide bonds. The Bertz CT molecular complexity index is 457. The molecule has 3 atom stereocenters. The fraction of sp³-hybridized carbons (Fsp3) is 0.857. The van der Waals surface area contributed by atoms with Gasteiger partial charge in [0.2, 0.25) is 0 Å². The summed E-state index contributed by atoms with van der Waals surface area (Å²) >= 11 is 0. The molecule has 0 spiro atoms. The maximum Gasteiger partial charge on any atom is 0.303 e. The van der Waals surface area contributed by atoms with E-state index in [4.69, 9.17) is 9.47 Å². The van der Waals surface area contributed by atoms with Crippen molar-refractivity contribution in [1.82, 2.24) is 0 Å². The van der Waals surface area contributed by atoms with Gasteiger partial charge in [-0.2, -0.15) is 0 Å². The number of esters is 1. The van der Waals surface area contributed by atoms with E-state index < -0.39 is 0 Å². The molecule has 0 aromatic carbocycles. The molecule has 0 N–H and O–H groups in total.